The van der Waals surface area contributed by atoms with Gasteiger partial charge in [0.2, 0.25) is 0 Å². The van der Waals surface area contributed by atoms with Crippen LogP contribution < -0.4 is 4.74 Å². The number of halogens is 1. The minimum absolute atomic E-state index is 0.965. The number of fused-ring (bicyclic) bond motifs is 1. The quantitative estimate of drug-likeness (QED) is 0.599. The van der Waals surface area contributed by atoms with Crippen molar-refractivity contribution in [1.82, 2.24) is 0 Å². The molecule has 2 rings (SSSR count). The van der Waals surface area contributed by atoms with Crippen LogP contribution in [0.4, 0.5) is 0 Å². The predicted octanol–water partition coefficient (Wildman–Crippen LogP) is 4.24. The Kier molecular flexibility index (Phi) is 3.23. The molecular formula is C10H9IOS2. The van der Waals surface area contributed by atoms with Gasteiger partial charge < -0.3 is 4.74 Å². The van der Waals surface area contributed by atoms with Gasteiger partial charge in [0.05, 0.1) is 10.7 Å². The average Bonchev–Trinajstić information content (AvgIpc) is 2.62. The molecule has 0 bridgehead atoms. The van der Waals surface area contributed by atoms with Crippen molar-refractivity contribution in [1.29, 1.82) is 0 Å². The van der Waals surface area contributed by atoms with Crippen molar-refractivity contribution in [3.63, 3.8) is 0 Å². The highest BCUT2D eigenvalue weighted by molar-refractivity contribution is 14.1. The number of hydrogen-bond acceptors (Lipinski definition) is 3. The SMILES string of the molecule is COc1ccc2scc(SC)c2c1I. The molecule has 0 radical (unpaired) electrons. The molecule has 1 aromatic heterocycles. The van der Waals surface area contributed by atoms with Crippen molar-refractivity contribution < 1.29 is 4.74 Å². The second-order valence-corrected chi connectivity index (χ2v) is 5.60. The zero-order valence-electron chi connectivity index (χ0n) is 7.83. The first-order valence-corrected chi connectivity index (χ1v) is 7.24. The van der Waals surface area contributed by atoms with E-state index in [0.717, 1.165) is 5.75 Å². The molecule has 0 atom stereocenters. The van der Waals surface area contributed by atoms with Gasteiger partial charge >= 0.3 is 0 Å². The van der Waals surface area contributed by atoms with Crippen LogP contribution in [0.5, 0.6) is 5.75 Å². The number of thioether (sulfide) groups is 1. The molecule has 0 aliphatic rings. The van der Waals surface area contributed by atoms with Crippen LogP contribution in [0.2, 0.25) is 0 Å². The van der Waals surface area contributed by atoms with Crippen LogP contribution in [0.1, 0.15) is 0 Å². The molecule has 2 aromatic rings. The summed E-state index contributed by atoms with van der Waals surface area (Å²) in [6.45, 7) is 0. The molecule has 1 nitrogen and oxygen atoms in total. The van der Waals surface area contributed by atoms with E-state index in [2.05, 4.69) is 40.3 Å². The van der Waals surface area contributed by atoms with Crippen molar-refractivity contribution in [3.8, 4) is 5.75 Å². The van der Waals surface area contributed by atoms with Crippen molar-refractivity contribution in [3.05, 3.63) is 21.1 Å². The number of methoxy groups -OCH3 is 1. The van der Waals surface area contributed by atoms with Crippen molar-refractivity contribution in [2.45, 2.75) is 4.90 Å². The second kappa shape index (κ2) is 4.28. The fourth-order valence-corrected chi connectivity index (χ4v) is 4.54. The smallest absolute Gasteiger partial charge is 0.132 e. The Morgan fingerprint density at radius 3 is 2.86 bits per heavy atom. The summed E-state index contributed by atoms with van der Waals surface area (Å²) in [7, 11) is 1.72. The molecule has 74 valence electrons. The maximum Gasteiger partial charge on any atom is 0.132 e. The Hall–Kier alpha value is 0.0600. The lowest BCUT2D eigenvalue weighted by Gasteiger charge is -2.04. The fourth-order valence-electron chi connectivity index (χ4n) is 1.35. The van der Waals surface area contributed by atoms with E-state index in [1.54, 1.807) is 30.2 Å². The van der Waals surface area contributed by atoms with Gasteiger partial charge in [-0.3, -0.25) is 0 Å². The molecule has 0 spiro atoms. The van der Waals surface area contributed by atoms with Crippen LogP contribution in [0.15, 0.2) is 22.4 Å². The second-order valence-electron chi connectivity index (χ2n) is 2.76. The first-order chi connectivity index (χ1) is 6.77. The summed E-state index contributed by atoms with van der Waals surface area (Å²) in [5.74, 6) is 0.965. The largest absolute Gasteiger partial charge is 0.496 e. The number of benzene rings is 1. The average molecular weight is 336 g/mol. The van der Waals surface area contributed by atoms with Gasteiger partial charge in [-0.05, 0) is 41.0 Å². The predicted molar refractivity (Wildman–Crippen MR) is 72.9 cm³/mol. The van der Waals surface area contributed by atoms with Crippen molar-refractivity contribution in [2.75, 3.05) is 13.4 Å². The summed E-state index contributed by atoms with van der Waals surface area (Å²) in [4.78, 5) is 1.34. The van der Waals surface area contributed by atoms with E-state index in [1.165, 1.54) is 18.6 Å². The number of thiophene rings is 1. The normalized spacial score (nSPS) is 10.8. The Balaban J connectivity index is 2.77. The maximum atomic E-state index is 5.31. The van der Waals surface area contributed by atoms with Crippen LogP contribution in [0.25, 0.3) is 10.1 Å². The van der Waals surface area contributed by atoms with Gasteiger partial charge in [-0.1, -0.05) is 0 Å². The molecule has 0 N–H and O–H groups in total. The molecule has 0 saturated heterocycles. The Morgan fingerprint density at radius 1 is 1.43 bits per heavy atom. The summed E-state index contributed by atoms with van der Waals surface area (Å²) in [6, 6.07) is 4.16. The lowest BCUT2D eigenvalue weighted by atomic mass is 10.2. The monoisotopic (exact) mass is 336 g/mol. The molecule has 1 aromatic carbocycles. The highest BCUT2D eigenvalue weighted by Crippen LogP contribution is 2.38. The third-order valence-corrected chi connectivity index (χ3v) is 4.98. The maximum absolute atomic E-state index is 5.31. The Morgan fingerprint density at radius 2 is 2.21 bits per heavy atom. The van der Waals surface area contributed by atoms with Crippen LogP contribution >= 0.6 is 45.7 Å². The molecule has 0 saturated carbocycles. The lowest BCUT2D eigenvalue weighted by molar-refractivity contribution is 0.412. The highest BCUT2D eigenvalue weighted by atomic mass is 127. The van der Waals surface area contributed by atoms with E-state index in [1.807, 2.05) is 6.07 Å². The molecule has 0 unspecified atom stereocenters. The lowest BCUT2D eigenvalue weighted by Crippen LogP contribution is -1.86. The molecule has 4 heteroatoms. The molecular weight excluding hydrogens is 327 g/mol. The van der Waals surface area contributed by atoms with Crippen LogP contribution in [0.3, 0.4) is 0 Å². The molecule has 0 aliphatic heterocycles. The van der Waals surface area contributed by atoms with Crippen LogP contribution in [0, 0.1) is 3.57 Å². The number of rotatable bonds is 2. The third-order valence-electron chi connectivity index (χ3n) is 2.05. The van der Waals surface area contributed by atoms with Crippen molar-refractivity contribution in [2.24, 2.45) is 0 Å². The minimum atomic E-state index is 0.965. The van der Waals surface area contributed by atoms with E-state index in [9.17, 15) is 0 Å². The van der Waals surface area contributed by atoms with Crippen LogP contribution in [-0.4, -0.2) is 13.4 Å². The van der Waals surface area contributed by atoms with Gasteiger partial charge in [0.25, 0.3) is 0 Å². The molecule has 14 heavy (non-hydrogen) atoms. The summed E-state index contributed by atoms with van der Waals surface area (Å²) in [5.41, 5.74) is 0. The summed E-state index contributed by atoms with van der Waals surface area (Å²) in [5, 5.41) is 3.54. The Labute approximate surface area is 105 Å². The Bertz CT molecular complexity index is 464. The molecule has 0 fully saturated rings. The van der Waals surface area contributed by atoms with Gasteiger partial charge in [0, 0.05) is 20.4 Å². The van der Waals surface area contributed by atoms with Crippen molar-refractivity contribution >= 4 is 55.8 Å². The van der Waals surface area contributed by atoms with E-state index in [4.69, 9.17) is 4.74 Å². The first-order valence-electron chi connectivity index (χ1n) is 4.05. The summed E-state index contributed by atoms with van der Waals surface area (Å²) < 4.78 is 7.86. The van der Waals surface area contributed by atoms with Gasteiger partial charge in [0.15, 0.2) is 0 Å². The first kappa shape index (κ1) is 10.6. The number of hydrogen-bond donors (Lipinski definition) is 0. The van der Waals surface area contributed by atoms with E-state index in [0.29, 0.717) is 0 Å². The van der Waals surface area contributed by atoms with Gasteiger partial charge in [-0.25, -0.2) is 0 Å². The zero-order chi connectivity index (χ0) is 10.1. The topological polar surface area (TPSA) is 9.23 Å². The van der Waals surface area contributed by atoms with Crippen LogP contribution in [-0.2, 0) is 0 Å². The molecule has 1 heterocycles. The zero-order valence-corrected chi connectivity index (χ0v) is 11.6. The fraction of sp³-hybridized carbons (Fsp3) is 0.200. The summed E-state index contributed by atoms with van der Waals surface area (Å²) >= 11 is 5.93. The minimum Gasteiger partial charge on any atom is -0.496 e. The molecule has 0 aliphatic carbocycles. The van der Waals surface area contributed by atoms with Gasteiger partial charge in [-0.15, -0.1) is 23.1 Å². The van der Waals surface area contributed by atoms with E-state index >= 15 is 0 Å². The van der Waals surface area contributed by atoms with E-state index in [-0.39, 0.29) is 0 Å². The highest BCUT2D eigenvalue weighted by Gasteiger charge is 2.10. The van der Waals surface area contributed by atoms with E-state index < -0.39 is 0 Å². The third kappa shape index (κ3) is 1.63. The number of ether oxygens (including phenoxy) is 1. The van der Waals surface area contributed by atoms with Gasteiger partial charge in [0.1, 0.15) is 5.75 Å². The molecule has 0 amide bonds. The van der Waals surface area contributed by atoms with Gasteiger partial charge in [-0.2, -0.15) is 0 Å². The summed E-state index contributed by atoms with van der Waals surface area (Å²) in [6.07, 6.45) is 2.11. The standard InChI is InChI=1S/C10H9IOS2/c1-12-6-3-4-7-9(10(6)11)8(13-2)5-14-7/h3-5H,1-2H3.